The van der Waals surface area contributed by atoms with E-state index < -0.39 is 11.9 Å². The van der Waals surface area contributed by atoms with E-state index in [-0.39, 0.29) is 5.82 Å². The molecule has 0 saturated carbocycles. The number of nitrogens with zero attached hydrogens (tertiary/aromatic N) is 7. The summed E-state index contributed by atoms with van der Waals surface area (Å²) in [5.74, 6) is 2.23. The molecule has 2 saturated heterocycles. The van der Waals surface area contributed by atoms with Gasteiger partial charge in [-0.2, -0.15) is 13.2 Å². The number of halogens is 3. The van der Waals surface area contributed by atoms with Crippen molar-refractivity contribution in [2.45, 2.75) is 25.9 Å². The number of aryl methyl sites for hydroxylation is 1. The van der Waals surface area contributed by atoms with Gasteiger partial charge in [-0.25, -0.2) is 19.9 Å². The van der Waals surface area contributed by atoms with Crippen LogP contribution in [-0.4, -0.2) is 59.2 Å². The van der Waals surface area contributed by atoms with Gasteiger partial charge in [0.1, 0.15) is 35.3 Å². The SMILES string of the molecule is Cc1nc(N2CCN(c3cc(N4CCCC4)ncn3)CC2)cc(C(F)(F)F)n1. The van der Waals surface area contributed by atoms with Crippen LogP contribution in [0.5, 0.6) is 0 Å². The van der Waals surface area contributed by atoms with Crippen molar-refractivity contribution in [2.75, 3.05) is 54.0 Å². The molecule has 150 valence electrons. The Labute approximate surface area is 161 Å². The fourth-order valence-corrected chi connectivity index (χ4v) is 3.65. The van der Waals surface area contributed by atoms with Crippen molar-refractivity contribution in [1.82, 2.24) is 19.9 Å². The first kappa shape index (κ1) is 18.7. The topological polar surface area (TPSA) is 61.3 Å². The molecular weight excluding hydrogens is 371 g/mol. The second-order valence-electron chi connectivity index (χ2n) is 7.06. The van der Waals surface area contributed by atoms with Crippen molar-refractivity contribution < 1.29 is 13.2 Å². The fourth-order valence-electron chi connectivity index (χ4n) is 3.65. The van der Waals surface area contributed by atoms with Crippen molar-refractivity contribution in [2.24, 2.45) is 0 Å². The Morgan fingerprint density at radius 2 is 1.29 bits per heavy atom. The van der Waals surface area contributed by atoms with Crippen LogP contribution in [0.2, 0.25) is 0 Å². The lowest BCUT2D eigenvalue weighted by atomic mass is 10.2. The molecule has 7 nitrogen and oxygen atoms in total. The molecule has 2 fully saturated rings. The van der Waals surface area contributed by atoms with E-state index in [0.717, 1.165) is 30.8 Å². The van der Waals surface area contributed by atoms with E-state index in [1.165, 1.54) is 19.8 Å². The van der Waals surface area contributed by atoms with Gasteiger partial charge < -0.3 is 14.7 Å². The Bertz CT molecular complexity index is 828. The van der Waals surface area contributed by atoms with E-state index in [0.29, 0.717) is 32.0 Å². The molecule has 2 aromatic heterocycles. The van der Waals surface area contributed by atoms with Crippen LogP contribution >= 0.6 is 0 Å². The monoisotopic (exact) mass is 393 g/mol. The Morgan fingerprint density at radius 1 is 0.750 bits per heavy atom. The van der Waals surface area contributed by atoms with Crippen LogP contribution in [0.25, 0.3) is 0 Å². The molecule has 2 aliphatic rings. The Balaban J connectivity index is 1.45. The lowest BCUT2D eigenvalue weighted by Gasteiger charge is -2.36. The number of hydrogen-bond acceptors (Lipinski definition) is 7. The molecule has 0 aromatic carbocycles. The lowest BCUT2D eigenvalue weighted by molar-refractivity contribution is -0.141. The van der Waals surface area contributed by atoms with E-state index in [9.17, 15) is 13.2 Å². The molecule has 4 rings (SSSR count). The average molecular weight is 393 g/mol. The highest BCUT2D eigenvalue weighted by Crippen LogP contribution is 2.30. The van der Waals surface area contributed by atoms with Gasteiger partial charge in [0, 0.05) is 51.4 Å². The summed E-state index contributed by atoms with van der Waals surface area (Å²) in [5.41, 5.74) is -0.900. The number of aromatic nitrogens is 4. The van der Waals surface area contributed by atoms with E-state index >= 15 is 0 Å². The van der Waals surface area contributed by atoms with Gasteiger partial charge in [-0.05, 0) is 19.8 Å². The summed E-state index contributed by atoms with van der Waals surface area (Å²) in [6.45, 7) is 5.95. The van der Waals surface area contributed by atoms with Gasteiger partial charge in [-0.15, -0.1) is 0 Å². The lowest BCUT2D eigenvalue weighted by Crippen LogP contribution is -2.47. The highest BCUT2D eigenvalue weighted by atomic mass is 19.4. The van der Waals surface area contributed by atoms with Crippen molar-refractivity contribution >= 4 is 17.5 Å². The van der Waals surface area contributed by atoms with Crippen LogP contribution in [0.15, 0.2) is 18.5 Å². The largest absolute Gasteiger partial charge is 0.433 e. The third kappa shape index (κ3) is 3.95. The number of anilines is 3. The Kier molecular flexibility index (Phi) is 4.94. The summed E-state index contributed by atoms with van der Waals surface area (Å²) >= 11 is 0. The van der Waals surface area contributed by atoms with Gasteiger partial charge >= 0.3 is 6.18 Å². The molecule has 0 aliphatic carbocycles. The molecule has 0 spiro atoms. The van der Waals surface area contributed by atoms with Gasteiger partial charge in [0.2, 0.25) is 0 Å². The zero-order valence-electron chi connectivity index (χ0n) is 15.7. The van der Waals surface area contributed by atoms with Gasteiger partial charge in [0.15, 0.2) is 0 Å². The predicted octanol–water partition coefficient (Wildman–Crippen LogP) is 2.52. The minimum atomic E-state index is -4.47. The van der Waals surface area contributed by atoms with Gasteiger partial charge in [-0.3, -0.25) is 0 Å². The second-order valence-corrected chi connectivity index (χ2v) is 7.06. The quantitative estimate of drug-likeness (QED) is 0.794. The Morgan fingerprint density at radius 3 is 1.86 bits per heavy atom. The highest BCUT2D eigenvalue weighted by molar-refractivity contribution is 5.52. The van der Waals surface area contributed by atoms with Crippen molar-refractivity contribution in [3.8, 4) is 0 Å². The van der Waals surface area contributed by atoms with Gasteiger partial charge in [0.25, 0.3) is 0 Å². The molecule has 0 amide bonds. The predicted molar refractivity (Wildman–Crippen MR) is 99.7 cm³/mol. The maximum Gasteiger partial charge on any atom is 0.433 e. The molecule has 0 unspecified atom stereocenters. The molecular formula is C18H22F3N7. The summed E-state index contributed by atoms with van der Waals surface area (Å²) in [6.07, 6.45) is -0.539. The highest BCUT2D eigenvalue weighted by Gasteiger charge is 2.34. The summed E-state index contributed by atoms with van der Waals surface area (Å²) in [7, 11) is 0. The number of rotatable bonds is 3. The smallest absolute Gasteiger partial charge is 0.356 e. The van der Waals surface area contributed by atoms with Gasteiger partial charge in [0.05, 0.1) is 0 Å². The molecule has 0 atom stereocenters. The summed E-state index contributed by atoms with van der Waals surface area (Å²) in [6, 6.07) is 3.02. The van der Waals surface area contributed by atoms with Crippen molar-refractivity contribution in [3.05, 3.63) is 30.0 Å². The molecule has 2 aliphatic heterocycles. The van der Waals surface area contributed by atoms with Crippen LogP contribution in [0.4, 0.5) is 30.6 Å². The summed E-state index contributed by atoms with van der Waals surface area (Å²) < 4.78 is 39.1. The molecule has 0 bridgehead atoms. The zero-order valence-corrected chi connectivity index (χ0v) is 15.7. The number of hydrogen-bond donors (Lipinski definition) is 0. The maximum atomic E-state index is 13.0. The third-order valence-corrected chi connectivity index (χ3v) is 5.11. The first-order valence-corrected chi connectivity index (χ1v) is 9.40. The Hall–Kier alpha value is -2.65. The van der Waals surface area contributed by atoms with Crippen LogP contribution in [0.1, 0.15) is 24.4 Å². The molecule has 28 heavy (non-hydrogen) atoms. The summed E-state index contributed by atoms with van der Waals surface area (Å²) in [5, 5.41) is 0. The first-order chi connectivity index (χ1) is 13.4. The molecule has 0 N–H and O–H groups in total. The first-order valence-electron chi connectivity index (χ1n) is 9.40. The zero-order chi connectivity index (χ0) is 19.7. The van der Waals surface area contributed by atoms with E-state index in [1.807, 2.05) is 11.0 Å². The van der Waals surface area contributed by atoms with Crippen molar-refractivity contribution in [1.29, 1.82) is 0 Å². The van der Waals surface area contributed by atoms with Crippen LogP contribution in [-0.2, 0) is 6.18 Å². The second kappa shape index (κ2) is 7.40. The van der Waals surface area contributed by atoms with Gasteiger partial charge in [-0.1, -0.05) is 0 Å². The van der Waals surface area contributed by atoms with E-state index in [4.69, 9.17) is 0 Å². The van der Waals surface area contributed by atoms with E-state index in [2.05, 4.69) is 29.7 Å². The van der Waals surface area contributed by atoms with Crippen molar-refractivity contribution in [3.63, 3.8) is 0 Å². The molecule has 10 heteroatoms. The van der Waals surface area contributed by atoms with Crippen LogP contribution in [0, 0.1) is 6.92 Å². The summed E-state index contributed by atoms with van der Waals surface area (Å²) in [4.78, 5) is 22.7. The fraction of sp³-hybridized carbons (Fsp3) is 0.556. The third-order valence-electron chi connectivity index (χ3n) is 5.11. The minimum absolute atomic E-state index is 0.123. The maximum absolute atomic E-state index is 13.0. The van der Waals surface area contributed by atoms with Crippen LogP contribution in [0.3, 0.4) is 0 Å². The molecule has 4 heterocycles. The number of alkyl halides is 3. The molecule has 2 aromatic rings. The van der Waals surface area contributed by atoms with Crippen LogP contribution < -0.4 is 14.7 Å². The average Bonchev–Trinajstić information content (AvgIpc) is 3.22. The minimum Gasteiger partial charge on any atom is -0.356 e. The molecule has 0 radical (unpaired) electrons. The van der Waals surface area contributed by atoms with E-state index in [1.54, 1.807) is 6.33 Å². The number of piperazine rings is 1. The normalized spacial score (nSPS) is 18.1. The standard InChI is InChI=1S/C18H22F3N7/c1-13-24-14(18(19,20)21)10-17(25-13)28-8-6-27(7-9-28)16-11-15(22-12-23-16)26-4-2-3-5-26/h10-12H,2-9H2,1H3.